The minimum absolute atomic E-state index is 0.0329. The van der Waals surface area contributed by atoms with E-state index in [2.05, 4.69) is 5.32 Å². The minimum atomic E-state index is -3.39. The van der Waals surface area contributed by atoms with E-state index in [0.717, 1.165) is 12.8 Å². The Labute approximate surface area is 93.8 Å². The number of fused-ring (bicyclic) bond motifs is 1. The van der Waals surface area contributed by atoms with Crippen molar-refractivity contribution in [2.24, 2.45) is 5.92 Å². The molecule has 2 heterocycles. The predicted molar refractivity (Wildman–Crippen MR) is 55.9 cm³/mol. The fraction of sp³-hybridized carbons (Fsp3) is 0.875. The molecule has 2 atom stereocenters. The molecule has 86 valence electrons. The molecule has 1 amide bonds. The van der Waals surface area contributed by atoms with Crippen molar-refractivity contribution < 1.29 is 13.2 Å². The third-order valence-corrected chi connectivity index (χ3v) is 5.32. The molecular formula is C8H13ClN2O3S. The first-order valence-electron chi connectivity index (χ1n) is 4.89. The lowest BCUT2D eigenvalue weighted by Gasteiger charge is -2.34. The van der Waals surface area contributed by atoms with Gasteiger partial charge in [-0.05, 0) is 12.8 Å². The summed E-state index contributed by atoms with van der Waals surface area (Å²) in [4.78, 5) is 11.4. The van der Waals surface area contributed by atoms with Crippen LogP contribution in [0.15, 0.2) is 0 Å². The Morgan fingerprint density at radius 3 is 2.93 bits per heavy atom. The lowest BCUT2D eigenvalue weighted by molar-refractivity contribution is -0.123. The van der Waals surface area contributed by atoms with E-state index in [-0.39, 0.29) is 17.9 Å². The summed E-state index contributed by atoms with van der Waals surface area (Å²) in [5, 5.41) is 2.29. The van der Waals surface area contributed by atoms with Crippen molar-refractivity contribution in [2.75, 3.05) is 18.3 Å². The number of carbonyl (C=O) groups is 1. The van der Waals surface area contributed by atoms with Gasteiger partial charge in [-0.1, -0.05) is 0 Å². The highest BCUT2D eigenvalue weighted by molar-refractivity contribution is 7.90. The van der Waals surface area contributed by atoms with E-state index in [1.54, 1.807) is 0 Å². The number of amides is 1. The zero-order valence-corrected chi connectivity index (χ0v) is 9.72. The Morgan fingerprint density at radius 2 is 2.27 bits per heavy atom. The molecule has 0 aromatic carbocycles. The molecule has 2 fully saturated rings. The average molecular weight is 253 g/mol. The molecule has 2 aliphatic heterocycles. The Hall–Kier alpha value is -0.330. The third-order valence-electron chi connectivity index (χ3n) is 3.05. The number of hydrogen-bond donors (Lipinski definition) is 1. The summed E-state index contributed by atoms with van der Waals surface area (Å²) < 4.78 is 24.7. The van der Waals surface area contributed by atoms with Crippen LogP contribution in [0.1, 0.15) is 12.8 Å². The number of nitrogens with one attached hydrogen (secondary N) is 1. The van der Waals surface area contributed by atoms with Gasteiger partial charge >= 0.3 is 0 Å². The number of nitrogens with zero attached hydrogens (tertiary/aromatic N) is 1. The zero-order chi connectivity index (χ0) is 11.1. The molecule has 7 heteroatoms. The summed E-state index contributed by atoms with van der Waals surface area (Å²) >= 11 is 5.42. The molecule has 2 unspecified atom stereocenters. The minimum Gasteiger partial charge on any atom is -0.354 e. The number of rotatable bonds is 2. The van der Waals surface area contributed by atoms with Gasteiger partial charge in [-0.25, -0.2) is 8.42 Å². The second-order valence-electron chi connectivity index (χ2n) is 3.89. The monoisotopic (exact) mass is 252 g/mol. The Kier molecular flexibility index (Phi) is 2.92. The van der Waals surface area contributed by atoms with Crippen molar-refractivity contribution in [3.05, 3.63) is 0 Å². The molecule has 0 aliphatic carbocycles. The van der Waals surface area contributed by atoms with Gasteiger partial charge in [-0.3, -0.25) is 4.79 Å². The van der Waals surface area contributed by atoms with Crippen LogP contribution >= 0.6 is 11.6 Å². The fourth-order valence-electron chi connectivity index (χ4n) is 2.32. The maximum Gasteiger partial charge on any atom is 0.228 e. The quantitative estimate of drug-likeness (QED) is 0.688. The van der Waals surface area contributed by atoms with Crippen LogP contribution in [-0.4, -0.2) is 43.0 Å². The van der Waals surface area contributed by atoms with Crippen LogP contribution < -0.4 is 5.32 Å². The summed E-state index contributed by atoms with van der Waals surface area (Å²) in [5.41, 5.74) is 0. The van der Waals surface area contributed by atoms with E-state index in [9.17, 15) is 13.2 Å². The van der Waals surface area contributed by atoms with Crippen molar-refractivity contribution in [3.8, 4) is 0 Å². The number of piperidine rings is 1. The van der Waals surface area contributed by atoms with E-state index in [0.29, 0.717) is 13.1 Å². The topological polar surface area (TPSA) is 66.5 Å². The first-order chi connectivity index (χ1) is 7.06. The standard InChI is InChI=1S/C8H13ClN2O3S/c9-5-15(13,14)11-3-1-2-6-7(11)4-10-8(6)12/h6-7H,1-5H2,(H,10,12). The highest BCUT2D eigenvalue weighted by atomic mass is 35.5. The number of alkyl halides is 1. The van der Waals surface area contributed by atoms with E-state index < -0.39 is 15.2 Å². The summed E-state index contributed by atoms with van der Waals surface area (Å²) in [6, 6.07) is -0.227. The van der Waals surface area contributed by atoms with Crippen molar-refractivity contribution in [2.45, 2.75) is 18.9 Å². The van der Waals surface area contributed by atoms with Crippen LogP contribution in [0.5, 0.6) is 0 Å². The molecular weight excluding hydrogens is 240 g/mol. The summed E-state index contributed by atoms with van der Waals surface area (Å²) in [5.74, 6) is -0.216. The smallest absolute Gasteiger partial charge is 0.228 e. The Morgan fingerprint density at radius 1 is 1.53 bits per heavy atom. The highest BCUT2D eigenvalue weighted by Crippen LogP contribution is 2.29. The van der Waals surface area contributed by atoms with Crippen LogP contribution in [0.2, 0.25) is 0 Å². The van der Waals surface area contributed by atoms with E-state index in [4.69, 9.17) is 11.6 Å². The molecule has 0 aromatic rings. The van der Waals surface area contributed by atoms with Crippen LogP contribution in [0, 0.1) is 5.92 Å². The van der Waals surface area contributed by atoms with Crippen molar-refractivity contribution in [1.82, 2.24) is 9.62 Å². The van der Waals surface area contributed by atoms with Gasteiger partial charge in [0.2, 0.25) is 15.9 Å². The molecule has 0 aromatic heterocycles. The molecule has 5 nitrogen and oxygen atoms in total. The maximum absolute atomic E-state index is 11.7. The molecule has 0 saturated carbocycles. The molecule has 1 N–H and O–H groups in total. The number of sulfonamides is 1. The summed E-state index contributed by atoms with van der Waals surface area (Å²) in [6.45, 7) is 0.894. The van der Waals surface area contributed by atoms with Crippen molar-refractivity contribution in [3.63, 3.8) is 0 Å². The predicted octanol–water partition coefficient (Wildman–Crippen LogP) is -0.277. The van der Waals surface area contributed by atoms with Crippen LogP contribution in [0.4, 0.5) is 0 Å². The average Bonchev–Trinajstić information content (AvgIpc) is 2.60. The number of halogens is 1. The molecule has 2 rings (SSSR count). The SMILES string of the molecule is O=C1NCC2C1CCCN2S(=O)(=O)CCl. The number of carbonyl (C=O) groups excluding carboxylic acids is 1. The largest absolute Gasteiger partial charge is 0.354 e. The Bertz CT molecular complexity index is 370. The van der Waals surface area contributed by atoms with Crippen LogP contribution in [0.3, 0.4) is 0 Å². The lowest BCUT2D eigenvalue weighted by Crippen LogP contribution is -2.48. The van der Waals surface area contributed by atoms with Gasteiger partial charge in [-0.2, -0.15) is 4.31 Å². The van der Waals surface area contributed by atoms with Crippen LogP contribution in [-0.2, 0) is 14.8 Å². The van der Waals surface area contributed by atoms with Gasteiger partial charge in [-0.15, -0.1) is 11.6 Å². The lowest BCUT2D eigenvalue weighted by atomic mass is 9.93. The highest BCUT2D eigenvalue weighted by Gasteiger charge is 2.44. The van der Waals surface area contributed by atoms with Gasteiger partial charge in [0.05, 0.1) is 12.0 Å². The van der Waals surface area contributed by atoms with Gasteiger partial charge < -0.3 is 5.32 Å². The first-order valence-corrected chi connectivity index (χ1v) is 7.04. The van der Waals surface area contributed by atoms with E-state index in [1.807, 2.05) is 0 Å². The van der Waals surface area contributed by atoms with Gasteiger partial charge in [0.15, 0.2) is 0 Å². The summed E-state index contributed by atoms with van der Waals surface area (Å²) in [7, 11) is -3.39. The number of hydrogen-bond acceptors (Lipinski definition) is 3. The van der Waals surface area contributed by atoms with Crippen LogP contribution in [0.25, 0.3) is 0 Å². The van der Waals surface area contributed by atoms with Gasteiger partial charge in [0.1, 0.15) is 5.21 Å². The van der Waals surface area contributed by atoms with E-state index >= 15 is 0 Å². The normalized spacial score (nSPS) is 32.5. The molecule has 2 saturated heterocycles. The second kappa shape index (κ2) is 3.92. The maximum atomic E-state index is 11.7. The first kappa shape index (κ1) is 11.2. The van der Waals surface area contributed by atoms with Gasteiger partial charge in [0, 0.05) is 13.1 Å². The fourth-order valence-corrected chi connectivity index (χ4v) is 3.86. The molecule has 15 heavy (non-hydrogen) atoms. The Balaban J connectivity index is 2.24. The van der Waals surface area contributed by atoms with Gasteiger partial charge in [0.25, 0.3) is 0 Å². The van der Waals surface area contributed by atoms with E-state index in [1.165, 1.54) is 4.31 Å². The molecule has 0 radical (unpaired) electrons. The molecule has 2 aliphatic rings. The molecule has 0 bridgehead atoms. The summed E-state index contributed by atoms with van der Waals surface area (Å²) in [6.07, 6.45) is 1.50. The zero-order valence-electron chi connectivity index (χ0n) is 8.15. The molecule has 0 spiro atoms. The third kappa shape index (κ3) is 1.86. The van der Waals surface area contributed by atoms with Crippen molar-refractivity contribution >= 4 is 27.5 Å². The second-order valence-corrected chi connectivity index (χ2v) is 6.40. The van der Waals surface area contributed by atoms with Crippen molar-refractivity contribution in [1.29, 1.82) is 0 Å².